The van der Waals surface area contributed by atoms with Crippen molar-refractivity contribution in [2.45, 2.75) is 6.92 Å². The van der Waals surface area contributed by atoms with Crippen LogP contribution in [0.5, 0.6) is 0 Å². The maximum Gasteiger partial charge on any atom is 0.356 e. The van der Waals surface area contributed by atoms with Gasteiger partial charge in [0, 0.05) is 13.2 Å². The molecule has 1 rings (SSSR count). The molecular weight excluding hydrogens is 132 g/mol. The second kappa shape index (κ2) is 2.13. The van der Waals surface area contributed by atoms with E-state index in [-0.39, 0.29) is 5.69 Å². The van der Waals surface area contributed by atoms with E-state index in [9.17, 15) is 4.79 Å². The van der Waals surface area contributed by atoms with Crippen LogP contribution in [0, 0.1) is 6.92 Å². The van der Waals surface area contributed by atoms with Crippen molar-refractivity contribution in [1.82, 2.24) is 9.55 Å². The first-order valence-electron chi connectivity index (χ1n) is 2.84. The normalized spacial score (nSPS) is 9.80. The standard InChI is InChI=1S/C6H8N2O2/c1-4-7-5(6(9)10)3-8(4)2/h3H,1-2H3,(H,9,10). The van der Waals surface area contributed by atoms with Gasteiger partial charge in [0.25, 0.3) is 0 Å². The van der Waals surface area contributed by atoms with Crippen LogP contribution in [0.2, 0.25) is 0 Å². The fourth-order valence-electron chi connectivity index (χ4n) is 0.662. The van der Waals surface area contributed by atoms with Crippen LogP contribution in [0.4, 0.5) is 0 Å². The molecule has 10 heavy (non-hydrogen) atoms. The Bertz CT molecular complexity index is 245. The molecule has 0 aliphatic carbocycles. The Hall–Kier alpha value is -1.32. The molecule has 0 amide bonds. The molecule has 0 fully saturated rings. The summed E-state index contributed by atoms with van der Waals surface area (Å²) in [5.41, 5.74) is 0.0972. The van der Waals surface area contributed by atoms with E-state index < -0.39 is 5.97 Å². The molecule has 1 aromatic rings. The number of carboxylic acids is 1. The van der Waals surface area contributed by atoms with E-state index in [0.717, 1.165) is 0 Å². The molecular formula is C6H8N2O2. The predicted molar refractivity (Wildman–Crippen MR) is 34.9 cm³/mol. The zero-order valence-electron chi connectivity index (χ0n) is 5.83. The zero-order valence-corrected chi connectivity index (χ0v) is 5.83. The van der Waals surface area contributed by atoms with Crippen LogP contribution < -0.4 is 0 Å². The average Bonchev–Trinajstić information content (AvgIpc) is 2.13. The molecule has 1 heterocycles. The number of hydrogen-bond donors (Lipinski definition) is 1. The molecule has 0 aliphatic heterocycles. The number of rotatable bonds is 1. The third-order valence-electron chi connectivity index (χ3n) is 1.33. The summed E-state index contributed by atoms with van der Waals surface area (Å²) in [4.78, 5) is 14.1. The van der Waals surface area contributed by atoms with Gasteiger partial charge < -0.3 is 9.67 Å². The highest BCUT2D eigenvalue weighted by Gasteiger charge is 2.06. The first-order chi connectivity index (χ1) is 4.61. The minimum atomic E-state index is -0.983. The Balaban J connectivity index is 3.10. The van der Waals surface area contributed by atoms with Crippen molar-refractivity contribution in [3.05, 3.63) is 17.7 Å². The Labute approximate surface area is 58.1 Å². The molecule has 4 heteroatoms. The maximum absolute atomic E-state index is 10.3. The molecule has 0 unspecified atom stereocenters. The lowest BCUT2D eigenvalue weighted by Crippen LogP contribution is -1.95. The predicted octanol–water partition coefficient (Wildman–Crippen LogP) is 0.427. The molecule has 1 N–H and O–H groups in total. The lowest BCUT2D eigenvalue weighted by atomic mass is 10.5. The summed E-state index contributed by atoms with van der Waals surface area (Å²) in [6.45, 7) is 1.76. The lowest BCUT2D eigenvalue weighted by Gasteiger charge is -1.87. The second-order valence-electron chi connectivity index (χ2n) is 2.09. The van der Waals surface area contributed by atoms with E-state index in [0.29, 0.717) is 5.82 Å². The number of aromatic nitrogens is 2. The molecule has 1 aromatic heterocycles. The van der Waals surface area contributed by atoms with E-state index in [1.165, 1.54) is 6.20 Å². The van der Waals surface area contributed by atoms with Crippen LogP contribution >= 0.6 is 0 Å². The Kier molecular flexibility index (Phi) is 1.45. The minimum Gasteiger partial charge on any atom is -0.476 e. The molecule has 0 aromatic carbocycles. The topological polar surface area (TPSA) is 55.1 Å². The average molecular weight is 140 g/mol. The van der Waals surface area contributed by atoms with E-state index in [2.05, 4.69) is 4.98 Å². The lowest BCUT2D eigenvalue weighted by molar-refractivity contribution is 0.0691. The molecule has 0 saturated heterocycles. The number of aromatic carboxylic acids is 1. The van der Waals surface area contributed by atoms with Gasteiger partial charge in [0.15, 0.2) is 5.69 Å². The van der Waals surface area contributed by atoms with Gasteiger partial charge in [-0.1, -0.05) is 0 Å². The molecule has 0 spiro atoms. The Morgan fingerprint density at radius 1 is 1.80 bits per heavy atom. The number of carboxylic acid groups (broad SMARTS) is 1. The van der Waals surface area contributed by atoms with Crippen LogP contribution in [-0.4, -0.2) is 20.6 Å². The first-order valence-corrected chi connectivity index (χ1v) is 2.84. The van der Waals surface area contributed by atoms with Crippen LogP contribution in [0.25, 0.3) is 0 Å². The van der Waals surface area contributed by atoms with Gasteiger partial charge in [0.05, 0.1) is 0 Å². The fourth-order valence-corrected chi connectivity index (χ4v) is 0.662. The number of aryl methyl sites for hydroxylation is 2. The number of carbonyl (C=O) groups is 1. The Morgan fingerprint density at radius 2 is 2.40 bits per heavy atom. The molecule has 54 valence electrons. The molecule has 0 saturated carbocycles. The third-order valence-corrected chi connectivity index (χ3v) is 1.33. The van der Waals surface area contributed by atoms with Gasteiger partial charge in [-0.2, -0.15) is 0 Å². The van der Waals surface area contributed by atoms with Crippen LogP contribution in [-0.2, 0) is 7.05 Å². The van der Waals surface area contributed by atoms with Gasteiger partial charge in [-0.05, 0) is 6.92 Å². The summed E-state index contributed by atoms with van der Waals surface area (Å²) in [6.07, 6.45) is 1.48. The highest BCUT2D eigenvalue weighted by molar-refractivity contribution is 5.85. The fraction of sp³-hybridized carbons (Fsp3) is 0.333. The van der Waals surface area contributed by atoms with Gasteiger partial charge in [0.1, 0.15) is 5.82 Å². The highest BCUT2D eigenvalue weighted by Crippen LogP contribution is 1.98. The summed E-state index contributed by atoms with van der Waals surface area (Å²) in [7, 11) is 1.76. The molecule has 4 nitrogen and oxygen atoms in total. The molecule has 0 radical (unpaired) electrons. The van der Waals surface area contributed by atoms with Crippen LogP contribution in [0.1, 0.15) is 16.3 Å². The highest BCUT2D eigenvalue weighted by atomic mass is 16.4. The first kappa shape index (κ1) is 6.80. The van der Waals surface area contributed by atoms with Crippen molar-refractivity contribution in [1.29, 1.82) is 0 Å². The van der Waals surface area contributed by atoms with E-state index in [4.69, 9.17) is 5.11 Å². The summed E-state index contributed by atoms with van der Waals surface area (Å²) in [5, 5.41) is 8.45. The van der Waals surface area contributed by atoms with Gasteiger partial charge in [-0.15, -0.1) is 0 Å². The molecule has 0 bridgehead atoms. The van der Waals surface area contributed by atoms with Crippen LogP contribution in [0.3, 0.4) is 0 Å². The zero-order chi connectivity index (χ0) is 7.72. The van der Waals surface area contributed by atoms with Gasteiger partial charge in [0.2, 0.25) is 0 Å². The number of nitrogens with zero attached hydrogens (tertiary/aromatic N) is 2. The number of imidazole rings is 1. The van der Waals surface area contributed by atoms with Crippen molar-refractivity contribution in [2.24, 2.45) is 7.05 Å². The number of hydrogen-bond acceptors (Lipinski definition) is 2. The van der Waals surface area contributed by atoms with Crippen molar-refractivity contribution in [3.8, 4) is 0 Å². The smallest absolute Gasteiger partial charge is 0.356 e. The quantitative estimate of drug-likeness (QED) is 0.615. The summed E-state index contributed by atoms with van der Waals surface area (Å²) < 4.78 is 1.67. The van der Waals surface area contributed by atoms with Crippen molar-refractivity contribution < 1.29 is 9.90 Å². The van der Waals surface area contributed by atoms with Crippen molar-refractivity contribution in [3.63, 3.8) is 0 Å². The second-order valence-corrected chi connectivity index (χ2v) is 2.09. The molecule has 0 atom stereocenters. The largest absolute Gasteiger partial charge is 0.476 e. The summed E-state index contributed by atoms with van der Waals surface area (Å²) in [5.74, 6) is -0.277. The van der Waals surface area contributed by atoms with Gasteiger partial charge in [-0.25, -0.2) is 9.78 Å². The van der Waals surface area contributed by atoms with E-state index in [1.807, 2.05) is 0 Å². The van der Waals surface area contributed by atoms with Crippen molar-refractivity contribution in [2.75, 3.05) is 0 Å². The SMILES string of the molecule is Cc1nc(C(=O)O)cn1C. The van der Waals surface area contributed by atoms with Gasteiger partial charge in [-0.3, -0.25) is 0 Å². The summed E-state index contributed by atoms with van der Waals surface area (Å²) >= 11 is 0. The third kappa shape index (κ3) is 1.00. The monoisotopic (exact) mass is 140 g/mol. The van der Waals surface area contributed by atoms with E-state index in [1.54, 1.807) is 18.5 Å². The van der Waals surface area contributed by atoms with Crippen LogP contribution in [0.15, 0.2) is 6.20 Å². The maximum atomic E-state index is 10.3. The summed E-state index contributed by atoms with van der Waals surface area (Å²) in [6, 6.07) is 0. The minimum absolute atomic E-state index is 0.0972. The molecule has 0 aliphatic rings. The van der Waals surface area contributed by atoms with Crippen molar-refractivity contribution >= 4 is 5.97 Å². The van der Waals surface area contributed by atoms with Gasteiger partial charge >= 0.3 is 5.97 Å². The Morgan fingerprint density at radius 3 is 2.60 bits per heavy atom. The van der Waals surface area contributed by atoms with E-state index >= 15 is 0 Å².